The molecule has 0 unspecified atom stereocenters. The van der Waals surface area contributed by atoms with Crippen LogP contribution in [0, 0.1) is 5.92 Å². The molecule has 3 rings (SSSR count). The quantitative estimate of drug-likeness (QED) is 0.713. The summed E-state index contributed by atoms with van der Waals surface area (Å²) in [6.07, 6.45) is 3.85. The lowest BCUT2D eigenvalue weighted by atomic mass is 10.0. The smallest absolute Gasteiger partial charge is 0.328 e. The van der Waals surface area contributed by atoms with Crippen LogP contribution in [0.2, 0.25) is 0 Å². The van der Waals surface area contributed by atoms with Gasteiger partial charge in [0, 0.05) is 18.0 Å². The number of methoxy groups -OCH3 is 1. The zero-order valence-electron chi connectivity index (χ0n) is 14.2. The molecule has 0 aliphatic carbocycles. The van der Waals surface area contributed by atoms with Gasteiger partial charge in [0.05, 0.1) is 17.3 Å². The van der Waals surface area contributed by atoms with E-state index in [0.29, 0.717) is 5.56 Å². The number of nitrogens with zero attached hydrogens (tertiary/aromatic N) is 2. The van der Waals surface area contributed by atoms with Crippen molar-refractivity contribution in [3.05, 3.63) is 48.3 Å². The van der Waals surface area contributed by atoms with Crippen LogP contribution in [0.1, 0.15) is 24.2 Å². The zero-order valence-corrected chi connectivity index (χ0v) is 15.0. The van der Waals surface area contributed by atoms with E-state index in [4.69, 9.17) is 4.74 Å². The first-order valence-electron chi connectivity index (χ1n) is 7.92. The maximum absolute atomic E-state index is 12.5. The topological polar surface area (TPSA) is 73.2 Å². The van der Waals surface area contributed by atoms with Crippen molar-refractivity contribution in [2.24, 2.45) is 5.92 Å². The average Bonchev–Trinajstić information content (AvgIpc) is 3.26. The standard InChI is InChI=1S/C18H19N3O3S/c1-11(2)15(17(23)24-3)20-16(22)12-6-7-13-14(10-12)25-18(19-13)21-8-4-5-9-21/h4-11,15H,1-3H3,(H,20,22)/t15-/m1/s1. The van der Waals surface area contributed by atoms with Gasteiger partial charge in [0.2, 0.25) is 0 Å². The minimum absolute atomic E-state index is 0.0659. The predicted octanol–water partition coefficient (Wildman–Crippen LogP) is 3.01. The van der Waals surface area contributed by atoms with E-state index in [9.17, 15) is 9.59 Å². The van der Waals surface area contributed by atoms with E-state index < -0.39 is 12.0 Å². The lowest BCUT2D eigenvalue weighted by Crippen LogP contribution is -2.45. The van der Waals surface area contributed by atoms with Gasteiger partial charge in [-0.3, -0.25) is 4.79 Å². The molecule has 0 bridgehead atoms. The second-order valence-corrected chi connectivity index (χ2v) is 7.00. The van der Waals surface area contributed by atoms with Crippen LogP contribution >= 0.6 is 11.3 Å². The number of fused-ring (bicyclic) bond motifs is 1. The van der Waals surface area contributed by atoms with E-state index in [-0.39, 0.29) is 11.8 Å². The average molecular weight is 357 g/mol. The molecule has 2 heterocycles. The van der Waals surface area contributed by atoms with Gasteiger partial charge in [0.15, 0.2) is 5.13 Å². The summed E-state index contributed by atoms with van der Waals surface area (Å²) in [5.41, 5.74) is 1.32. The number of carbonyl (C=O) groups excluding carboxylic acids is 2. The van der Waals surface area contributed by atoms with Crippen LogP contribution in [0.4, 0.5) is 0 Å². The third-order valence-corrected chi connectivity index (χ3v) is 4.90. The van der Waals surface area contributed by atoms with Crippen LogP contribution in [0.3, 0.4) is 0 Å². The number of thiazole rings is 1. The van der Waals surface area contributed by atoms with Crippen molar-refractivity contribution in [1.82, 2.24) is 14.9 Å². The summed E-state index contributed by atoms with van der Waals surface area (Å²) in [4.78, 5) is 28.9. The summed E-state index contributed by atoms with van der Waals surface area (Å²) in [7, 11) is 1.32. The SMILES string of the molecule is COC(=O)[C@H](NC(=O)c1ccc2nc(-n3cccc3)sc2c1)C(C)C. The Morgan fingerprint density at radius 1 is 1.24 bits per heavy atom. The van der Waals surface area contributed by atoms with Gasteiger partial charge >= 0.3 is 5.97 Å². The van der Waals surface area contributed by atoms with Crippen LogP contribution in [-0.4, -0.2) is 34.6 Å². The number of aromatic nitrogens is 2. The van der Waals surface area contributed by atoms with E-state index in [1.165, 1.54) is 18.4 Å². The lowest BCUT2D eigenvalue weighted by molar-refractivity contribution is -0.144. The Labute approximate surface area is 149 Å². The lowest BCUT2D eigenvalue weighted by Gasteiger charge is -2.19. The minimum Gasteiger partial charge on any atom is -0.467 e. The van der Waals surface area contributed by atoms with Crippen molar-refractivity contribution >= 4 is 33.4 Å². The zero-order chi connectivity index (χ0) is 18.0. The summed E-state index contributed by atoms with van der Waals surface area (Å²) in [6, 6.07) is 8.52. The minimum atomic E-state index is -0.676. The van der Waals surface area contributed by atoms with Crippen molar-refractivity contribution in [3.8, 4) is 5.13 Å². The fourth-order valence-corrected chi connectivity index (χ4v) is 3.45. The molecule has 0 aliphatic heterocycles. The van der Waals surface area contributed by atoms with E-state index in [0.717, 1.165) is 15.3 Å². The molecule has 0 aliphatic rings. The molecular formula is C18H19N3O3S. The monoisotopic (exact) mass is 357 g/mol. The third kappa shape index (κ3) is 3.56. The molecule has 25 heavy (non-hydrogen) atoms. The fraction of sp³-hybridized carbons (Fsp3) is 0.278. The first kappa shape index (κ1) is 17.2. The molecule has 1 aromatic carbocycles. The Morgan fingerprint density at radius 3 is 2.60 bits per heavy atom. The van der Waals surface area contributed by atoms with Crippen LogP contribution in [-0.2, 0) is 9.53 Å². The van der Waals surface area contributed by atoms with Gasteiger partial charge in [-0.1, -0.05) is 25.2 Å². The molecule has 6 nitrogen and oxygen atoms in total. The molecule has 7 heteroatoms. The Kier molecular flexibility index (Phi) is 4.85. The van der Waals surface area contributed by atoms with E-state index in [1.54, 1.807) is 12.1 Å². The summed E-state index contributed by atoms with van der Waals surface area (Å²) >= 11 is 1.50. The van der Waals surface area contributed by atoms with Crippen molar-refractivity contribution in [2.45, 2.75) is 19.9 Å². The molecule has 1 N–H and O–H groups in total. The highest BCUT2D eigenvalue weighted by Crippen LogP contribution is 2.26. The first-order valence-corrected chi connectivity index (χ1v) is 8.74. The Morgan fingerprint density at radius 2 is 1.96 bits per heavy atom. The van der Waals surface area contributed by atoms with Gasteiger partial charge in [-0.25, -0.2) is 9.78 Å². The van der Waals surface area contributed by atoms with Crippen LogP contribution in [0.5, 0.6) is 0 Å². The number of rotatable bonds is 5. The summed E-state index contributed by atoms with van der Waals surface area (Å²) in [6.45, 7) is 3.72. The number of hydrogen-bond donors (Lipinski definition) is 1. The molecule has 0 saturated heterocycles. The number of benzene rings is 1. The highest BCUT2D eigenvalue weighted by Gasteiger charge is 2.25. The second kappa shape index (κ2) is 7.06. The van der Waals surface area contributed by atoms with Gasteiger partial charge in [0.1, 0.15) is 6.04 Å². The van der Waals surface area contributed by atoms with Crippen molar-refractivity contribution in [2.75, 3.05) is 7.11 Å². The maximum Gasteiger partial charge on any atom is 0.328 e. The number of nitrogens with one attached hydrogen (secondary N) is 1. The number of ether oxygens (including phenoxy) is 1. The maximum atomic E-state index is 12.5. The van der Waals surface area contributed by atoms with Crippen molar-refractivity contribution in [3.63, 3.8) is 0 Å². The molecule has 1 atom stereocenters. The van der Waals surface area contributed by atoms with Gasteiger partial charge in [0.25, 0.3) is 5.91 Å². The van der Waals surface area contributed by atoms with Crippen LogP contribution in [0.25, 0.3) is 15.3 Å². The predicted molar refractivity (Wildman–Crippen MR) is 97.1 cm³/mol. The first-order chi connectivity index (χ1) is 12.0. The van der Waals surface area contributed by atoms with E-state index >= 15 is 0 Å². The third-order valence-electron chi connectivity index (χ3n) is 3.87. The number of hydrogen-bond acceptors (Lipinski definition) is 5. The molecule has 3 aromatic rings. The van der Waals surface area contributed by atoms with Gasteiger partial charge in [-0.15, -0.1) is 0 Å². The Bertz CT molecular complexity index is 900. The fourth-order valence-electron chi connectivity index (χ4n) is 2.48. The van der Waals surface area contributed by atoms with Crippen molar-refractivity contribution < 1.29 is 14.3 Å². The van der Waals surface area contributed by atoms with Gasteiger partial charge < -0.3 is 14.6 Å². The molecule has 0 fully saturated rings. The van der Waals surface area contributed by atoms with E-state index in [2.05, 4.69) is 10.3 Å². The second-order valence-electron chi connectivity index (χ2n) is 5.99. The summed E-state index contributed by atoms with van der Waals surface area (Å²) in [5, 5.41) is 3.59. The molecule has 0 saturated carbocycles. The molecule has 0 spiro atoms. The molecule has 130 valence electrons. The summed E-state index contributed by atoms with van der Waals surface area (Å²) < 4.78 is 7.60. The highest BCUT2D eigenvalue weighted by molar-refractivity contribution is 7.20. The normalized spacial score (nSPS) is 12.3. The molecule has 0 radical (unpaired) electrons. The Hall–Kier alpha value is -2.67. The molecular weight excluding hydrogens is 338 g/mol. The largest absolute Gasteiger partial charge is 0.467 e. The van der Waals surface area contributed by atoms with Crippen LogP contribution in [0.15, 0.2) is 42.7 Å². The van der Waals surface area contributed by atoms with Crippen LogP contribution < -0.4 is 5.32 Å². The van der Waals surface area contributed by atoms with Gasteiger partial charge in [-0.05, 0) is 36.2 Å². The highest BCUT2D eigenvalue weighted by atomic mass is 32.1. The number of amides is 1. The van der Waals surface area contributed by atoms with E-state index in [1.807, 2.05) is 49.0 Å². The summed E-state index contributed by atoms with van der Waals surface area (Å²) in [5.74, 6) is -0.817. The molecule has 1 amide bonds. The number of esters is 1. The Balaban J connectivity index is 1.85. The van der Waals surface area contributed by atoms with Gasteiger partial charge in [-0.2, -0.15) is 0 Å². The molecule has 2 aromatic heterocycles. The van der Waals surface area contributed by atoms with Crippen molar-refractivity contribution in [1.29, 1.82) is 0 Å². The number of carbonyl (C=O) groups is 2.